The van der Waals surface area contributed by atoms with E-state index in [4.69, 9.17) is 4.98 Å². The highest BCUT2D eigenvalue weighted by atomic mass is 15.3. The van der Waals surface area contributed by atoms with Gasteiger partial charge in [-0.05, 0) is 56.0 Å². The van der Waals surface area contributed by atoms with Gasteiger partial charge in [0.25, 0.3) is 0 Å². The van der Waals surface area contributed by atoms with Crippen molar-refractivity contribution in [1.82, 2.24) is 14.8 Å². The molecule has 5 rings (SSSR count). The first-order chi connectivity index (χ1) is 15.3. The number of piperidine rings is 1. The molecule has 0 radical (unpaired) electrons. The van der Waals surface area contributed by atoms with Gasteiger partial charge in [-0.2, -0.15) is 0 Å². The molecular weight excluding hydrogens is 380 g/mol. The lowest BCUT2D eigenvalue weighted by Crippen LogP contribution is -2.50. The monoisotopic (exact) mass is 414 g/mol. The smallest absolute Gasteiger partial charge is 0.129 e. The van der Waals surface area contributed by atoms with Gasteiger partial charge in [-0.25, -0.2) is 4.98 Å². The van der Waals surface area contributed by atoms with E-state index < -0.39 is 0 Å². The average Bonchev–Trinajstić information content (AvgIpc) is 2.84. The fourth-order valence-electron chi connectivity index (χ4n) is 5.30. The minimum atomic E-state index is 0.514. The van der Waals surface area contributed by atoms with Crippen LogP contribution >= 0.6 is 0 Å². The molecule has 0 N–H and O–H groups in total. The quantitative estimate of drug-likeness (QED) is 0.596. The fourth-order valence-corrected chi connectivity index (χ4v) is 5.30. The minimum absolute atomic E-state index is 0.514. The molecule has 3 heterocycles. The van der Waals surface area contributed by atoms with E-state index >= 15 is 0 Å². The number of pyridine rings is 1. The SMILES string of the molecule is CC(c1ccccc1)N1CCCC(CN2CCN(c3ccc4ccccc4n3)CC2)C1. The fraction of sp³-hybridized carbons (Fsp3) is 0.444. The van der Waals surface area contributed by atoms with Crippen molar-refractivity contribution >= 4 is 16.7 Å². The summed E-state index contributed by atoms with van der Waals surface area (Å²) in [5, 5.41) is 1.22. The topological polar surface area (TPSA) is 22.6 Å². The minimum Gasteiger partial charge on any atom is -0.354 e. The number of piperazine rings is 1. The summed E-state index contributed by atoms with van der Waals surface area (Å²) in [6.07, 6.45) is 2.69. The number of rotatable bonds is 5. The summed E-state index contributed by atoms with van der Waals surface area (Å²) in [5.41, 5.74) is 2.54. The van der Waals surface area contributed by atoms with Crippen LogP contribution in [-0.4, -0.2) is 60.6 Å². The molecule has 1 aromatic heterocycles. The number of aromatic nitrogens is 1. The summed E-state index contributed by atoms with van der Waals surface area (Å²) >= 11 is 0. The Bertz CT molecular complexity index is 981. The van der Waals surface area contributed by atoms with E-state index in [0.717, 1.165) is 43.4 Å². The summed E-state index contributed by atoms with van der Waals surface area (Å²) < 4.78 is 0. The van der Waals surface area contributed by atoms with Crippen LogP contribution in [0.1, 0.15) is 31.4 Å². The lowest BCUT2D eigenvalue weighted by molar-refractivity contribution is 0.102. The van der Waals surface area contributed by atoms with Crippen molar-refractivity contribution in [2.24, 2.45) is 5.92 Å². The number of nitrogens with zero attached hydrogens (tertiary/aromatic N) is 4. The van der Waals surface area contributed by atoms with Gasteiger partial charge in [0.15, 0.2) is 0 Å². The van der Waals surface area contributed by atoms with Crippen molar-refractivity contribution in [2.45, 2.75) is 25.8 Å². The Balaban J connectivity index is 1.15. The summed E-state index contributed by atoms with van der Waals surface area (Å²) in [6.45, 7) is 10.5. The van der Waals surface area contributed by atoms with E-state index in [9.17, 15) is 0 Å². The number of benzene rings is 2. The van der Waals surface area contributed by atoms with Crippen LogP contribution < -0.4 is 4.90 Å². The Labute approximate surface area is 186 Å². The molecule has 2 aliphatic rings. The van der Waals surface area contributed by atoms with Crippen LogP contribution in [0.25, 0.3) is 10.9 Å². The zero-order valence-electron chi connectivity index (χ0n) is 18.7. The molecule has 0 amide bonds. The molecule has 3 aromatic rings. The number of hydrogen-bond acceptors (Lipinski definition) is 4. The Morgan fingerprint density at radius 2 is 1.65 bits per heavy atom. The third-order valence-electron chi connectivity index (χ3n) is 7.18. The highest BCUT2D eigenvalue weighted by molar-refractivity contribution is 5.80. The molecule has 0 spiro atoms. The molecule has 162 valence electrons. The maximum atomic E-state index is 4.90. The average molecular weight is 415 g/mol. The maximum absolute atomic E-state index is 4.90. The first kappa shape index (κ1) is 20.5. The van der Waals surface area contributed by atoms with Gasteiger partial charge in [0, 0.05) is 50.7 Å². The van der Waals surface area contributed by atoms with E-state index in [1.165, 1.54) is 43.4 Å². The highest BCUT2D eigenvalue weighted by Crippen LogP contribution is 2.27. The number of para-hydroxylation sites is 1. The molecule has 2 unspecified atom stereocenters. The van der Waals surface area contributed by atoms with Crippen LogP contribution in [0.2, 0.25) is 0 Å². The molecular formula is C27H34N4. The molecule has 0 aliphatic carbocycles. The summed E-state index contributed by atoms with van der Waals surface area (Å²) in [5.74, 6) is 1.91. The van der Waals surface area contributed by atoms with E-state index in [1.54, 1.807) is 0 Å². The lowest BCUT2D eigenvalue weighted by atomic mass is 9.94. The Kier molecular flexibility index (Phi) is 6.19. The summed E-state index contributed by atoms with van der Waals surface area (Å²) in [6, 6.07) is 24.3. The van der Waals surface area contributed by atoms with Gasteiger partial charge < -0.3 is 4.90 Å². The van der Waals surface area contributed by atoms with Crippen molar-refractivity contribution in [3.8, 4) is 0 Å². The van der Waals surface area contributed by atoms with Gasteiger partial charge in [-0.1, -0.05) is 48.5 Å². The van der Waals surface area contributed by atoms with E-state index in [-0.39, 0.29) is 0 Å². The van der Waals surface area contributed by atoms with E-state index in [1.807, 2.05) is 0 Å². The molecule has 2 saturated heterocycles. The number of fused-ring (bicyclic) bond motifs is 1. The predicted octanol–water partition coefficient (Wildman–Crippen LogP) is 4.83. The molecule has 2 fully saturated rings. The summed E-state index contributed by atoms with van der Waals surface area (Å²) in [7, 11) is 0. The predicted molar refractivity (Wildman–Crippen MR) is 130 cm³/mol. The van der Waals surface area contributed by atoms with Crippen molar-refractivity contribution in [3.63, 3.8) is 0 Å². The molecule has 4 nitrogen and oxygen atoms in total. The van der Waals surface area contributed by atoms with Crippen LogP contribution in [-0.2, 0) is 0 Å². The molecule has 31 heavy (non-hydrogen) atoms. The maximum Gasteiger partial charge on any atom is 0.129 e. The largest absolute Gasteiger partial charge is 0.354 e. The number of anilines is 1. The third-order valence-corrected chi connectivity index (χ3v) is 7.18. The van der Waals surface area contributed by atoms with Crippen LogP contribution in [0.4, 0.5) is 5.82 Å². The Morgan fingerprint density at radius 1 is 0.871 bits per heavy atom. The molecule has 0 saturated carbocycles. The van der Waals surface area contributed by atoms with E-state index in [2.05, 4.69) is 88.4 Å². The number of hydrogen-bond donors (Lipinski definition) is 0. The van der Waals surface area contributed by atoms with Crippen molar-refractivity contribution in [3.05, 3.63) is 72.3 Å². The van der Waals surface area contributed by atoms with Gasteiger partial charge in [-0.3, -0.25) is 9.80 Å². The van der Waals surface area contributed by atoms with Crippen LogP contribution in [0.3, 0.4) is 0 Å². The Morgan fingerprint density at radius 3 is 2.48 bits per heavy atom. The van der Waals surface area contributed by atoms with Crippen LogP contribution in [0.5, 0.6) is 0 Å². The standard InChI is InChI=1S/C27H34N4/c1-22(24-9-3-2-4-10-24)31-15-7-8-23(21-31)20-29-16-18-30(19-17-29)27-14-13-25-11-5-6-12-26(25)28-27/h2-6,9-14,22-23H,7-8,15-21H2,1H3. The second-order valence-corrected chi connectivity index (χ2v) is 9.24. The molecule has 4 heteroatoms. The van der Waals surface area contributed by atoms with Gasteiger partial charge in [-0.15, -0.1) is 0 Å². The first-order valence-corrected chi connectivity index (χ1v) is 11.9. The molecule has 2 aromatic carbocycles. The van der Waals surface area contributed by atoms with Crippen LogP contribution in [0, 0.1) is 5.92 Å². The zero-order valence-corrected chi connectivity index (χ0v) is 18.7. The van der Waals surface area contributed by atoms with Crippen molar-refractivity contribution < 1.29 is 0 Å². The van der Waals surface area contributed by atoms with Crippen molar-refractivity contribution in [1.29, 1.82) is 0 Å². The van der Waals surface area contributed by atoms with Gasteiger partial charge in [0.2, 0.25) is 0 Å². The van der Waals surface area contributed by atoms with Gasteiger partial charge in [0.1, 0.15) is 5.82 Å². The summed E-state index contributed by atoms with van der Waals surface area (Å²) in [4.78, 5) is 12.7. The van der Waals surface area contributed by atoms with Crippen molar-refractivity contribution in [2.75, 3.05) is 50.7 Å². The molecule has 0 bridgehead atoms. The highest BCUT2D eigenvalue weighted by Gasteiger charge is 2.27. The molecule has 2 atom stereocenters. The van der Waals surface area contributed by atoms with E-state index in [0.29, 0.717) is 6.04 Å². The van der Waals surface area contributed by atoms with Gasteiger partial charge in [0.05, 0.1) is 5.52 Å². The lowest BCUT2D eigenvalue weighted by Gasteiger charge is -2.41. The second kappa shape index (κ2) is 9.37. The normalized spacial score (nSPS) is 22.0. The van der Waals surface area contributed by atoms with Gasteiger partial charge >= 0.3 is 0 Å². The van der Waals surface area contributed by atoms with Crippen LogP contribution in [0.15, 0.2) is 66.7 Å². The molecule has 2 aliphatic heterocycles. The number of likely N-dealkylation sites (tertiary alicyclic amines) is 1. The second-order valence-electron chi connectivity index (χ2n) is 9.24. The third kappa shape index (κ3) is 4.76. The first-order valence-electron chi connectivity index (χ1n) is 11.9. The zero-order chi connectivity index (χ0) is 21.0. The Hall–Kier alpha value is -2.43.